The van der Waals surface area contributed by atoms with Gasteiger partial charge < -0.3 is 4.98 Å². The molecule has 0 unspecified atom stereocenters. The number of nitrogens with zero attached hydrogens (tertiary/aromatic N) is 5. The van der Waals surface area contributed by atoms with E-state index in [-0.39, 0.29) is 5.82 Å². The molecule has 8 heteroatoms. The van der Waals surface area contributed by atoms with Gasteiger partial charge in [-0.2, -0.15) is 10.2 Å². The highest BCUT2D eigenvalue weighted by Crippen LogP contribution is 2.31. The summed E-state index contributed by atoms with van der Waals surface area (Å²) in [7, 11) is 1.91. The van der Waals surface area contributed by atoms with E-state index < -0.39 is 0 Å². The molecule has 7 nitrogen and oxygen atoms in total. The van der Waals surface area contributed by atoms with Crippen LogP contribution in [0.15, 0.2) is 61.3 Å². The minimum Gasteiger partial charge on any atom is -0.340 e. The number of aromatic nitrogens is 7. The summed E-state index contributed by atoms with van der Waals surface area (Å²) in [6.45, 7) is 7.86. The van der Waals surface area contributed by atoms with Gasteiger partial charge in [-0.3, -0.25) is 9.78 Å². The molecule has 0 saturated carbocycles. The molecule has 0 fully saturated rings. The molecule has 0 spiro atoms. The van der Waals surface area contributed by atoms with E-state index >= 15 is 0 Å². The Morgan fingerprint density at radius 1 is 1.15 bits per heavy atom. The van der Waals surface area contributed by atoms with Crippen molar-refractivity contribution in [2.45, 2.75) is 20.3 Å². The smallest absolute Gasteiger partial charge is 0.161 e. The number of fused-ring (bicyclic) bond motifs is 1. The van der Waals surface area contributed by atoms with E-state index in [1.54, 1.807) is 22.9 Å². The largest absolute Gasteiger partial charge is 0.340 e. The van der Waals surface area contributed by atoms with Gasteiger partial charge in [-0.1, -0.05) is 37.8 Å². The van der Waals surface area contributed by atoms with E-state index in [4.69, 9.17) is 9.97 Å². The number of pyridine rings is 1. The number of nitrogens with one attached hydrogen (secondary N) is 2. The molecule has 170 valence electrons. The van der Waals surface area contributed by atoms with Crippen LogP contribution in [0.3, 0.4) is 0 Å². The van der Waals surface area contributed by atoms with E-state index in [0.717, 1.165) is 56.9 Å². The van der Waals surface area contributed by atoms with Gasteiger partial charge in [-0.25, -0.2) is 14.4 Å². The number of allylic oxidation sites excluding steroid dienone is 2. The zero-order valence-corrected chi connectivity index (χ0v) is 19.2. The molecule has 0 aliphatic rings. The van der Waals surface area contributed by atoms with Crippen molar-refractivity contribution in [2.75, 3.05) is 0 Å². The molecule has 5 rings (SSSR count). The van der Waals surface area contributed by atoms with Gasteiger partial charge in [0.25, 0.3) is 0 Å². The Morgan fingerprint density at radius 2 is 1.94 bits per heavy atom. The van der Waals surface area contributed by atoms with Crippen LogP contribution in [-0.2, 0) is 13.5 Å². The number of benzene rings is 1. The highest BCUT2D eigenvalue weighted by molar-refractivity contribution is 5.90. The predicted molar refractivity (Wildman–Crippen MR) is 131 cm³/mol. The maximum atomic E-state index is 13.5. The normalized spacial score (nSPS) is 11.9. The third-order valence-electron chi connectivity index (χ3n) is 5.73. The fraction of sp³-hybridized carbons (Fsp3) is 0.154. The second kappa shape index (κ2) is 8.55. The van der Waals surface area contributed by atoms with Crippen LogP contribution in [0.2, 0.25) is 0 Å². The van der Waals surface area contributed by atoms with E-state index in [0.29, 0.717) is 11.5 Å². The number of imidazole rings is 1. The number of halogens is 1. The first-order valence-corrected chi connectivity index (χ1v) is 11.0. The average molecular weight is 454 g/mol. The number of hydrogen-bond acceptors (Lipinski definition) is 4. The van der Waals surface area contributed by atoms with Crippen molar-refractivity contribution in [1.29, 1.82) is 0 Å². The van der Waals surface area contributed by atoms with Gasteiger partial charge in [0.2, 0.25) is 0 Å². The Hall–Kier alpha value is -4.33. The molecule has 4 aromatic heterocycles. The van der Waals surface area contributed by atoms with E-state index in [9.17, 15) is 4.39 Å². The molecule has 34 heavy (non-hydrogen) atoms. The lowest BCUT2D eigenvalue weighted by Gasteiger charge is -2.05. The lowest BCUT2D eigenvalue weighted by atomic mass is 10.0. The lowest BCUT2D eigenvalue weighted by Crippen LogP contribution is -1.92. The van der Waals surface area contributed by atoms with Crippen molar-refractivity contribution in [1.82, 2.24) is 34.9 Å². The van der Waals surface area contributed by atoms with Crippen molar-refractivity contribution in [3.05, 3.63) is 89.8 Å². The van der Waals surface area contributed by atoms with Crippen LogP contribution in [0, 0.1) is 12.7 Å². The fourth-order valence-electron chi connectivity index (χ4n) is 4.12. The van der Waals surface area contributed by atoms with Crippen LogP contribution in [0.25, 0.3) is 39.4 Å². The minimum absolute atomic E-state index is 0.286. The summed E-state index contributed by atoms with van der Waals surface area (Å²) >= 11 is 0. The first kappa shape index (κ1) is 21.5. The summed E-state index contributed by atoms with van der Waals surface area (Å²) in [5.74, 6) is 0.313. The van der Waals surface area contributed by atoms with Crippen LogP contribution in [0.5, 0.6) is 0 Å². The molecular weight excluding hydrogens is 429 g/mol. The van der Waals surface area contributed by atoms with E-state index in [2.05, 4.69) is 33.8 Å². The van der Waals surface area contributed by atoms with Crippen molar-refractivity contribution in [2.24, 2.45) is 7.05 Å². The predicted octanol–water partition coefficient (Wildman–Crippen LogP) is 5.38. The summed E-state index contributed by atoms with van der Waals surface area (Å²) in [5.41, 5.74) is 8.29. The third-order valence-corrected chi connectivity index (χ3v) is 5.73. The molecule has 0 amide bonds. The molecule has 5 aromatic rings. The van der Waals surface area contributed by atoms with Gasteiger partial charge in [0.15, 0.2) is 11.5 Å². The Bertz CT molecular complexity index is 1530. The number of aryl methyl sites for hydroxylation is 3. The van der Waals surface area contributed by atoms with Crippen LogP contribution < -0.4 is 0 Å². The number of rotatable bonds is 6. The topological polar surface area (TPSA) is 88.1 Å². The number of H-pyrrole nitrogens is 2. The van der Waals surface area contributed by atoms with Crippen LogP contribution in [0.4, 0.5) is 4.39 Å². The van der Waals surface area contributed by atoms with Crippen molar-refractivity contribution >= 4 is 16.6 Å². The summed E-state index contributed by atoms with van der Waals surface area (Å²) in [6, 6.07) is 10.3. The van der Waals surface area contributed by atoms with Gasteiger partial charge in [0.1, 0.15) is 11.3 Å². The first-order chi connectivity index (χ1) is 16.5. The monoisotopic (exact) mass is 453 g/mol. The highest BCUT2D eigenvalue weighted by atomic mass is 19.1. The standard InChI is InChI=1S/C26H24FN7/c1-5-7-18(16-8-10-17(27)11-9-16)23-15(3)28-26(30-23)25-24-22(31-32-25)13-12-21(29-24)19-14-34(4)33-20(19)6-2/h5,7-14H,1,6H2,2-4H3,(H,28,30)(H,31,32)/b18-7-. The first-order valence-electron chi connectivity index (χ1n) is 11.0. The maximum absolute atomic E-state index is 13.5. The molecule has 0 aliphatic carbocycles. The second-order valence-corrected chi connectivity index (χ2v) is 8.06. The van der Waals surface area contributed by atoms with Crippen molar-refractivity contribution in [3.8, 4) is 22.8 Å². The molecule has 0 aliphatic heterocycles. The second-order valence-electron chi connectivity index (χ2n) is 8.06. The fourth-order valence-corrected chi connectivity index (χ4v) is 4.12. The van der Waals surface area contributed by atoms with Crippen molar-refractivity contribution < 1.29 is 4.39 Å². The number of hydrogen-bond donors (Lipinski definition) is 2. The van der Waals surface area contributed by atoms with Crippen molar-refractivity contribution in [3.63, 3.8) is 0 Å². The minimum atomic E-state index is -0.286. The summed E-state index contributed by atoms with van der Waals surface area (Å²) in [5, 5.41) is 12.1. The van der Waals surface area contributed by atoms with Gasteiger partial charge in [-0.15, -0.1) is 0 Å². The van der Waals surface area contributed by atoms with Gasteiger partial charge >= 0.3 is 0 Å². The Morgan fingerprint density at radius 3 is 2.68 bits per heavy atom. The van der Waals surface area contributed by atoms with Gasteiger partial charge in [0.05, 0.1) is 22.6 Å². The van der Waals surface area contributed by atoms with Gasteiger partial charge in [-0.05, 0) is 43.2 Å². The number of aromatic amines is 2. The third kappa shape index (κ3) is 3.73. The van der Waals surface area contributed by atoms with E-state index in [1.165, 1.54) is 12.1 Å². The Kier molecular flexibility index (Phi) is 5.41. The van der Waals surface area contributed by atoms with Gasteiger partial charge in [0, 0.05) is 30.1 Å². The Labute approximate surface area is 196 Å². The molecule has 0 bridgehead atoms. The lowest BCUT2D eigenvalue weighted by molar-refractivity contribution is 0.627. The summed E-state index contributed by atoms with van der Waals surface area (Å²) < 4.78 is 15.3. The quantitative estimate of drug-likeness (QED) is 0.338. The van der Waals surface area contributed by atoms with Crippen LogP contribution in [-0.4, -0.2) is 34.9 Å². The SMILES string of the molecule is C=C/C=C(/c1ccc(F)cc1)c1nc(-c2n[nH]c3ccc(-c4cn(C)nc4CC)nc23)[nH]c1C. The molecule has 0 radical (unpaired) electrons. The average Bonchev–Trinajstić information content (AvgIpc) is 3.53. The molecule has 2 N–H and O–H groups in total. The van der Waals surface area contributed by atoms with Crippen LogP contribution >= 0.6 is 0 Å². The highest BCUT2D eigenvalue weighted by Gasteiger charge is 2.19. The molecule has 4 heterocycles. The Balaban J connectivity index is 1.61. The summed E-state index contributed by atoms with van der Waals surface area (Å²) in [4.78, 5) is 13.1. The zero-order chi connectivity index (χ0) is 23.8. The summed E-state index contributed by atoms with van der Waals surface area (Å²) in [6.07, 6.45) is 6.37. The zero-order valence-electron chi connectivity index (χ0n) is 19.2. The maximum Gasteiger partial charge on any atom is 0.161 e. The molecule has 0 saturated heterocycles. The van der Waals surface area contributed by atoms with E-state index in [1.807, 2.05) is 38.4 Å². The molecule has 1 aromatic carbocycles. The molecule has 0 atom stereocenters. The van der Waals surface area contributed by atoms with Crippen LogP contribution in [0.1, 0.15) is 29.6 Å². The molecular formula is C26H24FN7.